The smallest absolute Gasteiger partial charge is 0.222 e. The fourth-order valence-corrected chi connectivity index (χ4v) is 4.69. The summed E-state index contributed by atoms with van der Waals surface area (Å²) in [7, 11) is 2.22. The molecule has 5 heteroatoms. The van der Waals surface area contributed by atoms with E-state index in [1.54, 1.807) is 0 Å². The number of hydrogen-bond acceptors (Lipinski definition) is 3. The van der Waals surface area contributed by atoms with Gasteiger partial charge < -0.3 is 9.80 Å². The third-order valence-corrected chi connectivity index (χ3v) is 6.66. The zero-order valence-corrected chi connectivity index (χ0v) is 16.1. The number of nitrogens with one attached hydrogen (secondary N) is 1. The molecule has 2 saturated heterocycles. The zero-order chi connectivity index (χ0) is 18.1. The fraction of sp³-hybridized carbons (Fsp3) is 0.619. The van der Waals surface area contributed by atoms with Crippen molar-refractivity contribution in [2.24, 2.45) is 5.41 Å². The van der Waals surface area contributed by atoms with Crippen molar-refractivity contribution >= 4 is 16.8 Å². The Hall–Kier alpha value is -1.88. The highest BCUT2D eigenvalue weighted by atomic mass is 16.2. The van der Waals surface area contributed by atoms with Gasteiger partial charge in [-0.25, -0.2) is 0 Å². The largest absolute Gasteiger partial charge is 0.343 e. The second-order valence-corrected chi connectivity index (χ2v) is 8.43. The summed E-state index contributed by atoms with van der Waals surface area (Å²) in [5, 5.41) is 8.28. The monoisotopic (exact) mass is 354 g/mol. The summed E-state index contributed by atoms with van der Waals surface area (Å²) >= 11 is 0. The van der Waals surface area contributed by atoms with E-state index in [1.165, 1.54) is 49.9 Å². The number of piperidine rings is 2. The van der Waals surface area contributed by atoms with Crippen LogP contribution in [0, 0.1) is 12.3 Å². The van der Waals surface area contributed by atoms with Gasteiger partial charge in [-0.1, -0.05) is 6.07 Å². The highest BCUT2D eigenvalue weighted by Crippen LogP contribution is 2.41. The van der Waals surface area contributed by atoms with Crippen LogP contribution in [-0.4, -0.2) is 59.1 Å². The number of likely N-dealkylation sites (tertiary alicyclic amines) is 2. The molecular formula is C21H30N4O. The van der Waals surface area contributed by atoms with Gasteiger partial charge in [-0.15, -0.1) is 0 Å². The molecule has 0 atom stereocenters. The van der Waals surface area contributed by atoms with Gasteiger partial charge in [-0.05, 0) is 81.8 Å². The molecule has 2 aliphatic heterocycles. The first kappa shape index (κ1) is 17.5. The summed E-state index contributed by atoms with van der Waals surface area (Å²) in [6.07, 6.45) is 8.26. The van der Waals surface area contributed by atoms with Crippen LogP contribution >= 0.6 is 0 Å². The van der Waals surface area contributed by atoms with Crippen molar-refractivity contribution in [1.82, 2.24) is 20.0 Å². The minimum absolute atomic E-state index is 0.317. The number of fused-ring (bicyclic) bond motifs is 1. The Morgan fingerprint density at radius 2 is 1.85 bits per heavy atom. The third kappa shape index (κ3) is 3.50. The normalized spacial score (nSPS) is 20.8. The molecule has 26 heavy (non-hydrogen) atoms. The van der Waals surface area contributed by atoms with Crippen molar-refractivity contribution in [3.63, 3.8) is 0 Å². The number of carbonyl (C=O) groups is 1. The lowest BCUT2D eigenvalue weighted by Crippen LogP contribution is -2.47. The van der Waals surface area contributed by atoms with Crippen molar-refractivity contribution in [3.8, 4) is 0 Å². The van der Waals surface area contributed by atoms with Crippen LogP contribution in [0.5, 0.6) is 0 Å². The molecule has 0 saturated carbocycles. The number of amides is 1. The van der Waals surface area contributed by atoms with Gasteiger partial charge in [0.15, 0.2) is 0 Å². The Balaban J connectivity index is 1.31. The highest BCUT2D eigenvalue weighted by Gasteiger charge is 2.37. The molecule has 2 aliphatic rings. The highest BCUT2D eigenvalue weighted by molar-refractivity contribution is 5.82. The number of aromatic amines is 1. The molecule has 1 N–H and O–H groups in total. The Bertz CT molecular complexity index is 778. The van der Waals surface area contributed by atoms with E-state index in [-0.39, 0.29) is 0 Å². The van der Waals surface area contributed by atoms with Crippen LogP contribution in [0.1, 0.15) is 43.2 Å². The second-order valence-electron chi connectivity index (χ2n) is 8.43. The van der Waals surface area contributed by atoms with Crippen molar-refractivity contribution in [1.29, 1.82) is 0 Å². The molecule has 1 spiro atoms. The van der Waals surface area contributed by atoms with E-state index in [0.29, 0.717) is 17.7 Å². The summed E-state index contributed by atoms with van der Waals surface area (Å²) in [5.74, 6) is 0.317. The molecular weight excluding hydrogens is 324 g/mol. The second kappa shape index (κ2) is 7.03. The minimum Gasteiger partial charge on any atom is -0.343 e. The molecule has 4 rings (SSSR count). The Labute approximate surface area is 155 Å². The van der Waals surface area contributed by atoms with Gasteiger partial charge in [0.25, 0.3) is 0 Å². The molecule has 1 aromatic heterocycles. The van der Waals surface area contributed by atoms with Gasteiger partial charge in [0.1, 0.15) is 0 Å². The van der Waals surface area contributed by atoms with Crippen LogP contribution in [0.4, 0.5) is 0 Å². The fourth-order valence-electron chi connectivity index (χ4n) is 4.69. The standard InChI is InChI=1S/C21H30N4O/c1-16-13-17(14-18-15-22-23-20(16)18)3-4-19(26)25-11-7-21(8-12-25)5-9-24(2)10-6-21/h13-15H,3-12H2,1-2H3,(H,22,23). The molecule has 0 radical (unpaired) electrons. The lowest BCUT2D eigenvalue weighted by Gasteiger charge is -2.46. The predicted molar refractivity (Wildman–Crippen MR) is 104 cm³/mol. The lowest BCUT2D eigenvalue weighted by molar-refractivity contribution is -0.134. The number of aromatic nitrogens is 2. The van der Waals surface area contributed by atoms with Crippen molar-refractivity contribution in [2.45, 2.75) is 45.4 Å². The number of H-pyrrole nitrogens is 1. The first-order valence-electron chi connectivity index (χ1n) is 9.94. The maximum Gasteiger partial charge on any atom is 0.222 e. The first-order chi connectivity index (χ1) is 12.5. The van der Waals surface area contributed by atoms with Crippen LogP contribution in [0.3, 0.4) is 0 Å². The molecule has 1 amide bonds. The van der Waals surface area contributed by atoms with Crippen molar-refractivity contribution in [3.05, 3.63) is 29.5 Å². The molecule has 2 aromatic rings. The van der Waals surface area contributed by atoms with E-state index in [1.807, 2.05) is 6.20 Å². The lowest BCUT2D eigenvalue weighted by atomic mass is 9.71. The van der Waals surface area contributed by atoms with E-state index < -0.39 is 0 Å². The van der Waals surface area contributed by atoms with Crippen LogP contribution in [0.15, 0.2) is 18.3 Å². The average molecular weight is 354 g/mol. The van der Waals surface area contributed by atoms with E-state index >= 15 is 0 Å². The Morgan fingerprint density at radius 1 is 1.15 bits per heavy atom. The Kier molecular flexibility index (Phi) is 4.74. The maximum atomic E-state index is 12.7. The van der Waals surface area contributed by atoms with Gasteiger partial charge in [0.05, 0.1) is 11.7 Å². The van der Waals surface area contributed by atoms with Gasteiger partial charge in [0, 0.05) is 24.9 Å². The summed E-state index contributed by atoms with van der Waals surface area (Å²) in [6, 6.07) is 4.33. The van der Waals surface area contributed by atoms with E-state index in [4.69, 9.17) is 0 Å². The quantitative estimate of drug-likeness (QED) is 0.921. The molecule has 0 unspecified atom stereocenters. The summed E-state index contributed by atoms with van der Waals surface area (Å²) in [5.41, 5.74) is 4.03. The molecule has 140 valence electrons. The van der Waals surface area contributed by atoms with Gasteiger partial charge in [0.2, 0.25) is 5.91 Å². The SMILES string of the molecule is Cc1cc(CCC(=O)N2CCC3(CCN(C)CC3)CC2)cc2cn[nH]c12. The number of rotatable bonds is 3. The molecule has 3 heterocycles. The van der Waals surface area contributed by atoms with Gasteiger partial charge >= 0.3 is 0 Å². The summed E-state index contributed by atoms with van der Waals surface area (Å²) < 4.78 is 0. The molecule has 1 aromatic carbocycles. The minimum atomic E-state index is 0.317. The van der Waals surface area contributed by atoms with Crippen LogP contribution in [0.2, 0.25) is 0 Å². The van der Waals surface area contributed by atoms with Crippen molar-refractivity contribution in [2.75, 3.05) is 33.2 Å². The van der Waals surface area contributed by atoms with E-state index in [9.17, 15) is 4.79 Å². The molecule has 2 fully saturated rings. The van der Waals surface area contributed by atoms with Crippen LogP contribution in [-0.2, 0) is 11.2 Å². The zero-order valence-electron chi connectivity index (χ0n) is 16.1. The van der Waals surface area contributed by atoms with Gasteiger partial charge in [-0.2, -0.15) is 5.10 Å². The maximum absolute atomic E-state index is 12.7. The van der Waals surface area contributed by atoms with Crippen LogP contribution < -0.4 is 0 Å². The summed E-state index contributed by atoms with van der Waals surface area (Å²) in [4.78, 5) is 17.2. The number of hydrogen-bond donors (Lipinski definition) is 1. The first-order valence-corrected chi connectivity index (χ1v) is 9.94. The van der Waals surface area contributed by atoms with Gasteiger partial charge in [-0.3, -0.25) is 9.89 Å². The number of nitrogens with zero attached hydrogens (tertiary/aromatic N) is 3. The molecule has 5 nitrogen and oxygen atoms in total. The summed E-state index contributed by atoms with van der Waals surface area (Å²) in [6.45, 7) is 6.41. The third-order valence-electron chi connectivity index (χ3n) is 6.66. The molecule has 0 bridgehead atoms. The van der Waals surface area contributed by atoms with Crippen molar-refractivity contribution < 1.29 is 4.79 Å². The van der Waals surface area contributed by atoms with Crippen LogP contribution in [0.25, 0.3) is 10.9 Å². The molecule has 0 aliphatic carbocycles. The average Bonchev–Trinajstić information content (AvgIpc) is 3.12. The van der Waals surface area contributed by atoms with E-state index in [0.717, 1.165) is 30.4 Å². The predicted octanol–water partition coefficient (Wildman–Crippen LogP) is 3.14. The topological polar surface area (TPSA) is 52.2 Å². The number of benzene rings is 1. The number of carbonyl (C=O) groups excluding carboxylic acids is 1. The Morgan fingerprint density at radius 3 is 2.58 bits per heavy atom. The number of aryl methyl sites for hydroxylation is 2. The van der Waals surface area contributed by atoms with E-state index in [2.05, 4.69) is 46.1 Å².